The third-order valence-corrected chi connectivity index (χ3v) is 4.11. The molecule has 1 fully saturated rings. The number of hydrogen-bond acceptors (Lipinski definition) is 4. The van der Waals surface area contributed by atoms with Crippen LogP contribution in [-0.4, -0.2) is 49.9 Å². The summed E-state index contributed by atoms with van der Waals surface area (Å²) in [4.78, 5) is 24.5. The first-order valence-corrected chi connectivity index (χ1v) is 8.24. The minimum atomic E-state index is -0.846. The van der Waals surface area contributed by atoms with Crippen LogP contribution < -0.4 is 20.3 Å². The summed E-state index contributed by atoms with van der Waals surface area (Å²) in [6, 6.07) is 7.84. The maximum Gasteiger partial charge on any atom is 0.315 e. The fourth-order valence-corrected chi connectivity index (χ4v) is 2.83. The number of rotatable bonds is 7. The molecule has 0 atom stereocenters. The van der Waals surface area contributed by atoms with E-state index in [2.05, 4.69) is 15.5 Å². The third-order valence-electron chi connectivity index (χ3n) is 4.11. The summed E-state index contributed by atoms with van der Waals surface area (Å²) in [5.41, 5.74) is 1.08. The molecule has 1 saturated heterocycles. The molecule has 1 aromatic rings. The molecule has 2 rings (SSSR count). The Balaban J connectivity index is 1.72. The highest BCUT2D eigenvalue weighted by molar-refractivity contribution is 5.74. The first-order valence-electron chi connectivity index (χ1n) is 8.24. The van der Waals surface area contributed by atoms with Gasteiger partial charge in [0.05, 0.1) is 12.8 Å². The number of nitrogens with one attached hydrogen (secondary N) is 2. The van der Waals surface area contributed by atoms with Crippen molar-refractivity contribution < 1.29 is 19.4 Å². The highest BCUT2D eigenvalue weighted by atomic mass is 16.5. The largest absolute Gasteiger partial charge is 0.495 e. The van der Waals surface area contributed by atoms with Crippen molar-refractivity contribution in [3.63, 3.8) is 0 Å². The molecule has 7 nitrogen and oxygen atoms in total. The Morgan fingerprint density at radius 2 is 2.00 bits per heavy atom. The van der Waals surface area contributed by atoms with Crippen LogP contribution in [0.15, 0.2) is 24.3 Å². The highest BCUT2D eigenvalue weighted by Crippen LogP contribution is 2.29. The normalized spacial score (nSPS) is 15.0. The lowest BCUT2D eigenvalue weighted by atomic mass is 10.0. The quantitative estimate of drug-likeness (QED) is 0.661. The number of carbonyl (C=O) groups is 2. The number of ether oxygens (including phenoxy) is 1. The lowest BCUT2D eigenvalue weighted by Crippen LogP contribution is -2.48. The number of benzene rings is 1. The molecule has 0 aromatic heterocycles. The van der Waals surface area contributed by atoms with Gasteiger partial charge in [-0.2, -0.15) is 0 Å². The molecule has 24 heavy (non-hydrogen) atoms. The summed E-state index contributed by atoms with van der Waals surface area (Å²) in [7, 11) is 1.67. The second-order valence-electron chi connectivity index (χ2n) is 5.83. The van der Waals surface area contributed by atoms with Gasteiger partial charge in [-0.05, 0) is 31.4 Å². The van der Waals surface area contributed by atoms with Crippen molar-refractivity contribution in [2.75, 3.05) is 31.6 Å². The molecule has 1 heterocycles. The van der Waals surface area contributed by atoms with Gasteiger partial charge in [-0.3, -0.25) is 4.79 Å². The van der Waals surface area contributed by atoms with Gasteiger partial charge in [0, 0.05) is 32.1 Å². The summed E-state index contributed by atoms with van der Waals surface area (Å²) >= 11 is 0. The number of urea groups is 1. The number of para-hydroxylation sites is 2. The average Bonchev–Trinajstić information content (AvgIpc) is 2.59. The summed E-state index contributed by atoms with van der Waals surface area (Å²) in [6.07, 6.45) is 2.23. The SMILES string of the molecule is COc1ccccc1N1CCC(NC(=O)NCCCC(=O)O)CC1. The van der Waals surface area contributed by atoms with Gasteiger partial charge < -0.3 is 25.4 Å². The Hall–Kier alpha value is -2.44. The van der Waals surface area contributed by atoms with Crippen molar-refractivity contribution >= 4 is 17.7 Å². The first-order chi connectivity index (χ1) is 11.6. The molecular weight excluding hydrogens is 310 g/mol. The molecule has 1 aliphatic rings. The molecule has 0 radical (unpaired) electrons. The van der Waals surface area contributed by atoms with Crippen LogP contribution in [0.4, 0.5) is 10.5 Å². The molecule has 0 saturated carbocycles. The zero-order chi connectivity index (χ0) is 17.4. The van der Waals surface area contributed by atoms with E-state index < -0.39 is 5.97 Å². The van der Waals surface area contributed by atoms with E-state index in [4.69, 9.17) is 9.84 Å². The number of piperidine rings is 1. The Morgan fingerprint density at radius 3 is 2.67 bits per heavy atom. The molecule has 3 N–H and O–H groups in total. The smallest absolute Gasteiger partial charge is 0.315 e. The van der Waals surface area contributed by atoms with Crippen molar-refractivity contribution in [1.82, 2.24) is 10.6 Å². The van der Waals surface area contributed by atoms with Gasteiger partial charge in [0.15, 0.2) is 0 Å². The fourth-order valence-electron chi connectivity index (χ4n) is 2.83. The van der Waals surface area contributed by atoms with E-state index in [1.807, 2.05) is 24.3 Å². The van der Waals surface area contributed by atoms with Crippen molar-refractivity contribution in [3.8, 4) is 5.75 Å². The van der Waals surface area contributed by atoms with Gasteiger partial charge in [-0.1, -0.05) is 12.1 Å². The second-order valence-corrected chi connectivity index (χ2v) is 5.83. The van der Waals surface area contributed by atoms with Gasteiger partial charge >= 0.3 is 12.0 Å². The van der Waals surface area contributed by atoms with Crippen LogP contribution in [0.3, 0.4) is 0 Å². The summed E-state index contributed by atoms with van der Waals surface area (Å²) in [5, 5.41) is 14.2. The van der Waals surface area contributed by atoms with Gasteiger partial charge in [-0.15, -0.1) is 0 Å². The molecule has 7 heteroatoms. The van der Waals surface area contributed by atoms with Gasteiger partial charge in [0.25, 0.3) is 0 Å². The van der Waals surface area contributed by atoms with Crippen LogP contribution in [0.5, 0.6) is 5.75 Å². The number of methoxy groups -OCH3 is 1. The first kappa shape index (κ1) is 17.9. The van der Waals surface area contributed by atoms with Crippen LogP contribution in [0, 0.1) is 0 Å². The van der Waals surface area contributed by atoms with Crippen LogP contribution in [-0.2, 0) is 4.79 Å². The summed E-state index contributed by atoms with van der Waals surface area (Å²) < 4.78 is 5.40. The molecule has 0 spiro atoms. The molecule has 0 aliphatic carbocycles. The number of aliphatic carboxylic acids is 1. The highest BCUT2D eigenvalue weighted by Gasteiger charge is 2.22. The van der Waals surface area contributed by atoms with E-state index in [-0.39, 0.29) is 18.5 Å². The van der Waals surface area contributed by atoms with Gasteiger partial charge in [0.1, 0.15) is 5.75 Å². The zero-order valence-electron chi connectivity index (χ0n) is 14.0. The topological polar surface area (TPSA) is 90.9 Å². The van der Waals surface area contributed by atoms with Crippen molar-refractivity contribution in [2.45, 2.75) is 31.7 Å². The lowest BCUT2D eigenvalue weighted by molar-refractivity contribution is -0.137. The number of hydrogen-bond donors (Lipinski definition) is 3. The van der Waals surface area contributed by atoms with Crippen molar-refractivity contribution in [1.29, 1.82) is 0 Å². The van der Waals surface area contributed by atoms with E-state index in [1.165, 1.54) is 0 Å². The zero-order valence-corrected chi connectivity index (χ0v) is 14.0. The van der Waals surface area contributed by atoms with E-state index in [1.54, 1.807) is 7.11 Å². The number of amides is 2. The maximum absolute atomic E-state index is 11.8. The number of carboxylic acid groups (broad SMARTS) is 1. The number of carbonyl (C=O) groups excluding carboxylic acids is 1. The molecule has 2 amide bonds. The number of anilines is 1. The second kappa shape index (κ2) is 9.00. The summed E-state index contributed by atoms with van der Waals surface area (Å²) in [5.74, 6) is 0.0148. The Kier molecular flexibility index (Phi) is 6.72. The minimum Gasteiger partial charge on any atom is -0.495 e. The van der Waals surface area contributed by atoms with Gasteiger partial charge in [0.2, 0.25) is 0 Å². The van der Waals surface area contributed by atoms with Crippen LogP contribution >= 0.6 is 0 Å². The summed E-state index contributed by atoms with van der Waals surface area (Å²) in [6.45, 7) is 2.08. The number of carboxylic acids is 1. The van der Waals surface area contributed by atoms with E-state index in [9.17, 15) is 9.59 Å². The van der Waals surface area contributed by atoms with Gasteiger partial charge in [-0.25, -0.2) is 4.79 Å². The van der Waals surface area contributed by atoms with Crippen molar-refractivity contribution in [3.05, 3.63) is 24.3 Å². The Labute approximate surface area is 142 Å². The maximum atomic E-state index is 11.8. The van der Waals surface area contributed by atoms with Crippen molar-refractivity contribution in [2.24, 2.45) is 0 Å². The molecule has 0 unspecified atom stereocenters. The minimum absolute atomic E-state index is 0.0670. The Morgan fingerprint density at radius 1 is 1.29 bits per heavy atom. The predicted octanol–water partition coefficient (Wildman–Crippen LogP) is 1.83. The molecule has 132 valence electrons. The fraction of sp³-hybridized carbons (Fsp3) is 0.529. The van der Waals surface area contributed by atoms with Crippen LogP contribution in [0.2, 0.25) is 0 Å². The van der Waals surface area contributed by atoms with E-state index in [0.717, 1.165) is 37.4 Å². The molecule has 0 bridgehead atoms. The van der Waals surface area contributed by atoms with Crippen LogP contribution in [0.25, 0.3) is 0 Å². The Bertz CT molecular complexity index is 557. The van der Waals surface area contributed by atoms with E-state index >= 15 is 0 Å². The third kappa shape index (κ3) is 5.33. The van der Waals surface area contributed by atoms with E-state index in [0.29, 0.717) is 13.0 Å². The van der Waals surface area contributed by atoms with Crippen LogP contribution in [0.1, 0.15) is 25.7 Å². The molecule has 1 aliphatic heterocycles. The monoisotopic (exact) mass is 335 g/mol. The molecular formula is C17H25N3O4. The number of nitrogens with zero attached hydrogens (tertiary/aromatic N) is 1. The lowest BCUT2D eigenvalue weighted by Gasteiger charge is -2.34. The predicted molar refractivity (Wildman–Crippen MR) is 91.6 cm³/mol. The standard InChI is InChI=1S/C17H25N3O4/c1-24-15-6-3-2-5-14(15)20-11-8-13(9-12-20)19-17(23)18-10-4-7-16(21)22/h2-3,5-6,13H,4,7-12H2,1H3,(H,21,22)(H2,18,19,23). The average molecular weight is 335 g/mol. The molecule has 1 aromatic carbocycles.